The summed E-state index contributed by atoms with van der Waals surface area (Å²) in [6, 6.07) is 7.67. The SMILES string of the molecule is CC(C)(C)CC(C)(C)c1cc(C(C)(C)CC(C)(C)C)c2cc(O)c(C(=O)O)cc2c1. The average molecular weight is 413 g/mol. The quantitative estimate of drug-likeness (QED) is 0.529. The van der Waals surface area contributed by atoms with Crippen LogP contribution in [-0.4, -0.2) is 16.2 Å². The van der Waals surface area contributed by atoms with E-state index in [1.165, 1.54) is 11.1 Å². The van der Waals surface area contributed by atoms with Crippen molar-refractivity contribution in [1.82, 2.24) is 0 Å². The number of carboxylic acid groups (broad SMARTS) is 1. The molecule has 0 saturated heterocycles. The summed E-state index contributed by atoms with van der Waals surface area (Å²) in [5.41, 5.74) is 2.43. The van der Waals surface area contributed by atoms with Gasteiger partial charge >= 0.3 is 5.97 Å². The van der Waals surface area contributed by atoms with Crippen LogP contribution in [0.4, 0.5) is 0 Å². The summed E-state index contributed by atoms with van der Waals surface area (Å²) in [6.45, 7) is 22.5. The van der Waals surface area contributed by atoms with Gasteiger partial charge < -0.3 is 10.2 Å². The Morgan fingerprint density at radius 3 is 1.73 bits per heavy atom. The van der Waals surface area contributed by atoms with Crippen LogP contribution >= 0.6 is 0 Å². The van der Waals surface area contributed by atoms with Crippen molar-refractivity contribution in [3.05, 3.63) is 41.0 Å². The maximum atomic E-state index is 11.6. The van der Waals surface area contributed by atoms with Gasteiger partial charge in [-0.15, -0.1) is 0 Å². The van der Waals surface area contributed by atoms with Gasteiger partial charge in [-0.3, -0.25) is 0 Å². The van der Waals surface area contributed by atoms with Gasteiger partial charge in [0.05, 0.1) is 0 Å². The van der Waals surface area contributed by atoms with E-state index < -0.39 is 5.97 Å². The average Bonchev–Trinajstić information content (AvgIpc) is 2.48. The smallest absolute Gasteiger partial charge is 0.339 e. The molecule has 0 atom stereocenters. The van der Waals surface area contributed by atoms with Crippen molar-refractivity contribution in [3.8, 4) is 5.75 Å². The normalized spacial score (nSPS) is 13.7. The van der Waals surface area contributed by atoms with Crippen molar-refractivity contribution in [2.24, 2.45) is 10.8 Å². The fourth-order valence-corrected chi connectivity index (χ4v) is 5.37. The van der Waals surface area contributed by atoms with E-state index in [1.807, 2.05) is 0 Å². The van der Waals surface area contributed by atoms with Crippen LogP contribution in [0.15, 0.2) is 24.3 Å². The minimum atomic E-state index is -1.11. The highest BCUT2D eigenvalue weighted by molar-refractivity contribution is 5.99. The molecule has 0 aliphatic carbocycles. The third-order valence-electron chi connectivity index (χ3n) is 5.75. The Morgan fingerprint density at radius 2 is 1.27 bits per heavy atom. The Morgan fingerprint density at radius 1 is 0.767 bits per heavy atom. The van der Waals surface area contributed by atoms with E-state index in [0.717, 1.165) is 23.6 Å². The van der Waals surface area contributed by atoms with Crippen molar-refractivity contribution in [1.29, 1.82) is 0 Å². The number of hydrogen-bond donors (Lipinski definition) is 2. The van der Waals surface area contributed by atoms with Gasteiger partial charge in [0, 0.05) is 0 Å². The Kier molecular flexibility index (Phi) is 6.13. The molecule has 0 saturated carbocycles. The fraction of sp³-hybridized carbons (Fsp3) is 0.593. The van der Waals surface area contributed by atoms with Crippen LogP contribution in [0.3, 0.4) is 0 Å². The summed E-state index contributed by atoms with van der Waals surface area (Å²) in [4.78, 5) is 11.6. The first-order chi connectivity index (χ1) is 13.3. The zero-order valence-electron chi connectivity index (χ0n) is 20.5. The highest BCUT2D eigenvalue weighted by atomic mass is 16.4. The molecule has 3 nitrogen and oxygen atoms in total. The van der Waals surface area contributed by atoms with Gasteiger partial charge in [-0.2, -0.15) is 0 Å². The maximum absolute atomic E-state index is 11.6. The van der Waals surface area contributed by atoms with Gasteiger partial charge in [-0.1, -0.05) is 81.4 Å². The van der Waals surface area contributed by atoms with Crippen molar-refractivity contribution in [2.45, 2.75) is 92.9 Å². The zero-order valence-corrected chi connectivity index (χ0v) is 20.5. The van der Waals surface area contributed by atoms with Crippen molar-refractivity contribution in [2.75, 3.05) is 0 Å². The first-order valence-electron chi connectivity index (χ1n) is 10.9. The zero-order chi connectivity index (χ0) is 23.3. The van der Waals surface area contributed by atoms with Crippen LogP contribution < -0.4 is 0 Å². The van der Waals surface area contributed by atoms with Crippen LogP contribution in [0.2, 0.25) is 0 Å². The molecule has 2 rings (SSSR count). The number of aromatic carboxylic acids is 1. The number of carboxylic acids is 1. The Bertz CT molecular complexity index is 951. The minimum absolute atomic E-state index is 0.0483. The molecule has 0 aliphatic heterocycles. The maximum Gasteiger partial charge on any atom is 0.339 e. The van der Waals surface area contributed by atoms with Gasteiger partial charge in [-0.25, -0.2) is 4.79 Å². The van der Waals surface area contributed by atoms with Gasteiger partial charge in [0.1, 0.15) is 11.3 Å². The van der Waals surface area contributed by atoms with E-state index in [9.17, 15) is 15.0 Å². The molecule has 166 valence electrons. The summed E-state index contributed by atoms with van der Waals surface area (Å²) in [5.74, 6) is -1.28. The lowest BCUT2D eigenvalue weighted by atomic mass is 9.67. The molecular weight excluding hydrogens is 372 g/mol. The van der Waals surface area contributed by atoms with Crippen molar-refractivity contribution >= 4 is 16.7 Å². The predicted molar refractivity (Wildman–Crippen MR) is 127 cm³/mol. The van der Waals surface area contributed by atoms with E-state index in [4.69, 9.17) is 0 Å². The van der Waals surface area contributed by atoms with Crippen molar-refractivity contribution < 1.29 is 15.0 Å². The molecule has 2 aromatic rings. The highest BCUT2D eigenvalue weighted by Gasteiger charge is 2.33. The number of phenols is 1. The third kappa shape index (κ3) is 5.56. The summed E-state index contributed by atoms with van der Waals surface area (Å²) >= 11 is 0. The molecule has 0 fully saturated rings. The monoisotopic (exact) mass is 412 g/mol. The number of hydrogen-bond acceptors (Lipinski definition) is 2. The van der Waals surface area contributed by atoms with E-state index in [2.05, 4.69) is 81.4 Å². The summed E-state index contributed by atoms with van der Waals surface area (Å²) in [6.07, 6.45) is 1.98. The minimum Gasteiger partial charge on any atom is -0.507 e. The Hall–Kier alpha value is -2.03. The molecule has 0 amide bonds. The number of aromatic hydroxyl groups is 1. The molecule has 30 heavy (non-hydrogen) atoms. The fourth-order valence-electron chi connectivity index (χ4n) is 5.37. The van der Waals surface area contributed by atoms with Gasteiger partial charge in [0.2, 0.25) is 0 Å². The first-order valence-corrected chi connectivity index (χ1v) is 10.9. The molecule has 0 radical (unpaired) electrons. The van der Waals surface area contributed by atoms with Crippen LogP contribution in [0.5, 0.6) is 5.75 Å². The van der Waals surface area contributed by atoms with Crippen LogP contribution in [0, 0.1) is 10.8 Å². The lowest BCUT2D eigenvalue weighted by Crippen LogP contribution is -2.28. The number of carbonyl (C=O) groups is 1. The Labute approximate surface area is 182 Å². The second kappa shape index (κ2) is 7.59. The molecule has 2 N–H and O–H groups in total. The highest BCUT2D eigenvalue weighted by Crippen LogP contribution is 2.44. The number of rotatable bonds is 5. The third-order valence-corrected chi connectivity index (χ3v) is 5.75. The summed E-state index contributed by atoms with van der Waals surface area (Å²) in [7, 11) is 0. The van der Waals surface area contributed by atoms with Crippen LogP contribution in [0.25, 0.3) is 10.8 Å². The molecular formula is C27H40O3. The molecule has 0 bridgehead atoms. The molecule has 0 heterocycles. The van der Waals surface area contributed by atoms with Gasteiger partial charge in [0.25, 0.3) is 0 Å². The second-order valence-corrected chi connectivity index (χ2v) is 12.7. The van der Waals surface area contributed by atoms with Crippen LogP contribution in [0.1, 0.15) is 104 Å². The van der Waals surface area contributed by atoms with E-state index in [-0.39, 0.29) is 33.0 Å². The molecule has 0 unspecified atom stereocenters. The second-order valence-electron chi connectivity index (χ2n) is 12.7. The standard InChI is InChI=1S/C27H40O3/c1-24(2,3)15-26(7,8)18-11-17-12-20(23(29)30)22(28)14-19(17)21(13-18)27(9,10)16-25(4,5)6/h11-14,28H,15-16H2,1-10H3,(H,29,30). The molecule has 3 heteroatoms. The molecule has 0 aliphatic rings. The van der Waals surface area contributed by atoms with E-state index >= 15 is 0 Å². The van der Waals surface area contributed by atoms with Crippen molar-refractivity contribution in [3.63, 3.8) is 0 Å². The summed E-state index contributed by atoms with van der Waals surface area (Å²) < 4.78 is 0. The molecule has 0 aromatic heterocycles. The van der Waals surface area contributed by atoms with Gasteiger partial charge in [0.15, 0.2) is 0 Å². The lowest BCUT2D eigenvalue weighted by Gasteiger charge is -2.37. The van der Waals surface area contributed by atoms with E-state index in [1.54, 1.807) is 12.1 Å². The van der Waals surface area contributed by atoms with E-state index in [0.29, 0.717) is 0 Å². The largest absolute Gasteiger partial charge is 0.507 e. The van der Waals surface area contributed by atoms with Crippen LogP contribution in [-0.2, 0) is 10.8 Å². The number of benzene rings is 2. The first kappa shape index (κ1) is 24.2. The van der Waals surface area contributed by atoms with Gasteiger partial charge in [-0.05, 0) is 68.5 Å². The predicted octanol–water partition coefficient (Wildman–Crippen LogP) is 7.67. The summed E-state index contributed by atoms with van der Waals surface area (Å²) in [5, 5.41) is 21.7. The number of fused-ring (bicyclic) bond motifs is 1. The topological polar surface area (TPSA) is 57.5 Å². The molecule has 2 aromatic carbocycles. The Balaban J connectivity index is 2.85. The molecule has 0 spiro atoms. The lowest BCUT2D eigenvalue weighted by molar-refractivity contribution is 0.0694.